The summed E-state index contributed by atoms with van der Waals surface area (Å²) in [6.45, 7) is 0.148. The van der Waals surface area contributed by atoms with Crippen molar-refractivity contribution in [2.75, 3.05) is 18.1 Å². The first-order valence-electron chi connectivity index (χ1n) is 6.45. The van der Waals surface area contributed by atoms with Gasteiger partial charge in [0.05, 0.1) is 12.2 Å². The Morgan fingerprint density at radius 3 is 2.52 bits per heavy atom. The lowest BCUT2D eigenvalue weighted by Crippen LogP contribution is -2.31. The highest BCUT2D eigenvalue weighted by atomic mass is 19.4. The van der Waals surface area contributed by atoms with E-state index in [1.54, 1.807) is 4.90 Å². The van der Waals surface area contributed by atoms with Gasteiger partial charge >= 0.3 is 6.18 Å². The third-order valence-corrected chi connectivity index (χ3v) is 3.35. The predicted molar refractivity (Wildman–Crippen MR) is 71.4 cm³/mol. The third kappa shape index (κ3) is 3.38. The average Bonchev–Trinajstić information content (AvgIpc) is 3.27. The largest absolute Gasteiger partial charge is 0.416 e. The van der Waals surface area contributed by atoms with Crippen LogP contribution in [-0.4, -0.2) is 35.3 Å². The second kappa shape index (κ2) is 5.80. The third-order valence-electron chi connectivity index (χ3n) is 3.35. The van der Waals surface area contributed by atoms with Crippen LogP contribution < -0.4 is 10.6 Å². The van der Waals surface area contributed by atoms with Crippen molar-refractivity contribution >= 4 is 11.5 Å². The number of hydrogen-bond acceptors (Lipinski definition) is 4. The van der Waals surface area contributed by atoms with Crippen molar-refractivity contribution < 1.29 is 23.5 Å². The van der Waals surface area contributed by atoms with E-state index >= 15 is 0 Å². The summed E-state index contributed by atoms with van der Waals surface area (Å²) in [5, 5.41) is 20.7. The number of alkyl halides is 3. The highest BCUT2D eigenvalue weighted by Crippen LogP contribution is 2.37. The van der Waals surface area contributed by atoms with E-state index in [1.165, 1.54) is 6.07 Å². The number of rotatable bonds is 5. The molecule has 1 saturated carbocycles. The van der Waals surface area contributed by atoms with Gasteiger partial charge in [0.1, 0.15) is 0 Å². The van der Waals surface area contributed by atoms with Crippen molar-refractivity contribution in [2.24, 2.45) is 10.9 Å². The molecule has 1 aromatic rings. The van der Waals surface area contributed by atoms with Crippen molar-refractivity contribution in [3.8, 4) is 0 Å². The lowest BCUT2D eigenvalue weighted by atomic mass is 10.1. The molecule has 0 saturated heterocycles. The van der Waals surface area contributed by atoms with Crippen LogP contribution in [-0.2, 0) is 6.18 Å². The van der Waals surface area contributed by atoms with Crippen LogP contribution in [0, 0.1) is 0 Å². The van der Waals surface area contributed by atoms with Gasteiger partial charge in [-0.2, -0.15) is 13.2 Å². The molecule has 0 spiro atoms. The average molecular weight is 303 g/mol. The van der Waals surface area contributed by atoms with E-state index in [0.29, 0.717) is 5.69 Å². The van der Waals surface area contributed by atoms with Crippen LogP contribution in [0.3, 0.4) is 0 Å². The van der Waals surface area contributed by atoms with Crippen molar-refractivity contribution in [3.05, 3.63) is 29.3 Å². The van der Waals surface area contributed by atoms with Gasteiger partial charge in [0, 0.05) is 23.8 Å². The van der Waals surface area contributed by atoms with E-state index in [4.69, 9.17) is 16.0 Å². The van der Waals surface area contributed by atoms with Crippen molar-refractivity contribution in [3.63, 3.8) is 0 Å². The monoisotopic (exact) mass is 303 g/mol. The number of oxime groups is 1. The van der Waals surface area contributed by atoms with Crippen LogP contribution in [0.15, 0.2) is 23.4 Å². The SMILES string of the molecule is NC(=NO)c1cc(C(F)(F)F)ccc1N(CCO)C1CC1. The fourth-order valence-corrected chi connectivity index (χ4v) is 2.22. The maximum absolute atomic E-state index is 12.8. The van der Waals surface area contributed by atoms with Gasteiger partial charge < -0.3 is 20.9 Å². The lowest BCUT2D eigenvalue weighted by Gasteiger charge is -2.26. The number of amidine groups is 1. The fraction of sp³-hybridized carbons (Fsp3) is 0.462. The summed E-state index contributed by atoms with van der Waals surface area (Å²) in [5.41, 5.74) is 5.07. The molecular formula is C13H16F3N3O2. The van der Waals surface area contributed by atoms with Gasteiger partial charge in [-0.15, -0.1) is 0 Å². The van der Waals surface area contributed by atoms with Crippen LogP contribution in [0.1, 0.15) is 24.0 Å². The molecule has 8 heteroatoms. The molecule has 21 heavy (non-hydrogen) atoms. The number of nitrogens with two attached hydrogens (primary N) is 1. The molecule has 0 radical (unpaired) electrons. The topological polar surface area (TPSA) is 82.1 Å². The smallest absolute Gasteiger partial charge is 0.409 e. The van der Waals surface area contributed by atoms with E-state index < -0.39 is 11.7 Å². The second-order valence-corrected chi connectivity index (χ2v) is 4.86. The van der Waals surface area contributed by atoms with Crippen molar-refractivity contribution in [1.82, 2.24) is 0 Å². The van der Waals surface area contributed by atoms with Crippen LogP contribution >= 0.6 is 0 Å². The Bertz CT molecular complexity index is 542. The van der Waals surface area contributed by atoms with E-state index in [2.05, 4.69) is 5.16 Å². The van der Waals surface area contributed by atoms with Crippen molar-refractivity contribution in [1.29, 1.82) is 0 Å². The molecule has 5 nitrogen and oxygen atoms in total. The Balaban J connectivity index is 2.49. The van der Waals surface area contributed by atoms with E-state index in [1.807, 2.05) is 0 Å². The Hall–Kier alpha value is -1.96. The summed E-state index contributed by atoms with van der Waals surface area (Å²) in [6, 6.07) is 3.27. The maximum atomic E-state index is 12.8. The molecule has 0 aliphatic heterocycles. The number of aliphatic hydroxyl groups excluding tert-OH is 1. The minimum absolute atomic E-state index is 0.00711. The fourth-order valence-electron chi connectivity index (χ4n) is 2.22. The van der Waals surface area contributed by atoms with Gasteiger partial charge in [-0.1, -0.05) is 5.16 Å². The zero-order valence-electron chi connectivity index (χ0n) is 11.1. The predicted octanol–water partition coefficient (Wildman–Crippen LogP) is 1.76. The normalized spacial score (nSPS) is 16.1. The minimum Gasteiger partial charge on any atom is -0.409 e. The van der Waals surface area contributed by atoms with Gasteiger partial charge in [0.25, 0.3) is 0 Å². The molecular weight excluding hydrogens is 287 g/mol. The molecule has 4 N–H and O–H groups in total. The Morgan fingerprint density at radius 2 is 2.05 bits per heavy atom. The first kappa shape index (κ1) is 15.4. The Morgan fingerprint density at radius 1 is 1.38 bits per heavy atom. The molecule has 0 amide bonds. The highest BCUT2D eigenvalue weighted by Gasteiger charge is 2.34. The summed E-state index contributed by atoms with van der Waals surface area (Å²) in [7, 11) is 0. The summed E-state index contributed by atoms with van der Waals surface area (Å²) < 4.78 is 38.4. The summed E-state index contributed by atoms with van der Waals surface area (Å²) in [4.78, 5) is 1.79. The number of hydrogen-bond donors (Lipinski definition) is 3. The molecule has 2 rings (SSSR count). The quantitative estimate of drug-likeness (QED) is 0.335. The molecule has 1 aliphatic rings. The number of anilines is 1. The molecule has 0 unspecified atom stereocenters. The first-order chi connectivity index (χ1) is 9.88. The number of halogens is 3. The van der Waals surface area contributed by atoms with E-state index in [0.717, 1.165) is 25.0 Å². The molecule has 0 heterocycles. The molecule has 1 aromatic carbocycles. The zero-order valence-corrected chi connectivity index (χ0v) is 11.1. The number of benzene rings is 1. The van der Waals surface area contributed by atoms with Crippen LogP contribution in [0.4, 0.5) is 18.9 Å². The maximum Gasteiger partial charge on any atom is 0.416 e. The van der Waals surface area contributed by atoms with Gasteiger partial charge in [-0.05, 0) is 31.0 Å². The molecule has 0 bridgehead atoms. The lowest BCUT2D eigenvalue weighted by molar-refractivity contribution is -0.137. The Labute approximate surface area is 119 Å². The molecule has 1 aliphatic carbocycles. The number of aliphatic hydroxyl groups is 1. The number of nitrogens with zero attached hydrogens (tertiary/aromatic N) is 2. The van der Waals surface area contributed by atoms with Gasteiger partial charge in [0.2, 0.25) is 0 Å². The van der Waals surface area contributed by atoms with Crippen LogP contribution in [0.25, 0.3) is 0 Å². The minimum atomic E-state index is -4.51. The van der Waals surface area contributed by atoms with Crippen LogP contribution in [0.5, 0.6) is 0 Å². The molecule has 0 atom stereocenters. The summed E-state index contributed by atoms with van der Waals surface area (Å²) >= 11 is 0. The van der Waals surface area contributed by atoms with Gasteiger partial charge in [0.15, 0.2) is 5.84 Å². The summed E-state index contributed by atoms with van der Waals surface area (Å²) in [5.74, 6) is -0.389. The molecule has 116 valence electrons. The van der Waals surface area contributed by atoms with Gasteiger partial charge in [-0.3, -0.25) is 0 Å². The first-order valence-corrected chi connectivity index (χ1v) is 6.45. The molecule has 0 aromatic heterocycles. The summed E-state index contributed by atoms with van der Waals surface area (Å²) in [6.07, 6.45) is -2.71. The molecule has 1 fully saturated rings. The van der Waals surface area contributed by atoms with Crippen molar-refractivity contribution in [2.45, 2.75) is 25.1 Å². The van der Waals surface area contributed by atoms with E-state index in [-0.39, 0.29) is 30.6 Å². The standard InChI is InChI=1S/C13H16F3N3O2/c14-13(15,16)8-1-4-11(10(7-8)12(17)18-21)19(5-6-20)9-2-3-9/h1,4,7,9,20-21H,2-3,5-6H2,(H2,17,18). The van der Waals surface area contributed by atoms with E-state index in [9.17, 15) is 13.2 Å². The zero-order chi connectivity index (χ0) is 15.6. The highest BCUT2D eigenvalue weighted by molar-refractivity contribution is 6.02. The Kier molecular flexibility index (Phi) is 4.26. The van der Waals surface area contributed by atoms with Gasteiger partial charge in [-0.25, -0.2) is 0 Å². The van der Waals surface area contributed by atoms with Crippen LogP contribution in [0.2, 0.25) is 0 Å². The second-order valence-electron chi connectivity index (χ2n) is 4.86.